The van der Waals surface area contributed by atoms with Gasteiger partial charge in [0, 0.05) is 62.3 Å². The molecule has 1 N–H and O–H groups in total. The molecule has 4 rings (SSSR count). The molecule has 7 nitrogen and oxygen atoms in total. The highest BCUT2D eigenvalue weighted by atomic mass is 32.1. The van der Waals surface area contributed by atoms with Crippen LogP contribution >= 0.6 is 23.6 Å². The maximum atomic E-state index is 12.6. The predicted molar refractivity (Wildman–Crippen MR) is 145 cm³/mol. The van der Waals surface area contributed by atoms with Crippen molar-refractivity contribution in [2.75, 3.05) is 38.1 Å². The summed E-state index contributed by atoms with van der Waals surface area (Å²) in [6.07, 6.45) is 0.762. The van der Waals surface area contributed by atoms with Crippen molar-refractivity contribution < 1.29 is 9.53 Å². The highest BCUT2D eigenvalue weighted by Gasteiger charge is 2.24. The van der Waals surface area contributed by atoms with Crippen LogP contribution in [0.2, 0.25) is 0 Å². The summed E-state index contributed by atoms with van der Waals surface area (Å²) in [4.78, 5) is 18.4. The van der Waals surface area contributed by atoms with Crippen LogP contribution in [-0.2, 0) is 24.8 Å². The number of thiophene rings is 1. The number of thiocarbonyl (C=S) groups is 1. The van der Waals surface area contributed by atoms with Crippen LogP contribution in [0.1, 0.15) is 44.7 Å². The van der Waals surface area contributed by atoms with Crippen molar-refractivity contribution in [1.82, 2.24) is 19.6 Å². The number of piperazine rings is 1. The van der Waals surface area contributed by atoms with Crippen LogP contribution in [0.3, 0.4) is 0 Å². The Morgan fingerprint density at radius 1 is 1.17 bits per heavy atom. The number of aryl methyl sites for hydroxylation is 2. The average Bonchev–Trinajstić information content (AvgIpc) is 3.35. The van der Waals surface area contributed by atoms with E-state index >= 15 is 0 Å². The Balaban J connectivity index is 1.40. The Morgan fingerprint density at radius 2 is 1.89 bits per heavy atom. The number of hydrogen-bond donors (Lipinski definition) is 1. The van der Waals surface area contributed by atoms with Gasteiger partial charge < -0.3 is 15.0 Å². The van der Waals surface area contributed by atoms with Crippen molar-refractivity contribution in [2.45, 2.75) is 33.7 Å². The first-order valence-electron chi connectivity index (χ1n) is 12.0. The number of aromatic nitrogens is 2. The molecule has 3 aromatic rings. The molecule has 0 saturated carbocycles. The van der Waals surface area contributed by atoms with Gasteiger partial charge in [-0.25, -0.2) is 4.79 Å². The van der Waals surface area contributed by atoms with E-state index in [2.05, 4.69) is 46.2 Å². The molecule has 1 saturated heterocycles. The zero-order valence-corrected chi connectivity index (χ0v) is 22.5. The van der Waals surface area contributed by atoms with E-state index in [-0.39, 0.29) is 5.97 Å². The molecule has 0 atom stereocenters. The molecule has 3 heterocycles. The third-order valence-electron chi connectivity index (χ3n) is 6.42. The second-order valence-corrected chi connectivity index (χ2v) is 10.3. The Labute approximate surface area is 216 Å². The van der Waals surface area contributed by atoms with Gasteiger partial charge in [0.2, 0.25) is 0 Å². The van der Waals surface area contributed by atoms with Gasteiger partial charge in [-0.15, -0.1) is 11.3 Å². The van der Waals surface area contributed by atoms with E-state index in [0.717, 1.165) is 54.7 Å². The van der Waals surface area contributed by atoms with Crippen molar-refractivity contribution in [1.29, 1.82) is 0 Å². The Morgan fingerprint density at radius 3 is 2.51 bits per heavy atom. The van der Waals surface area contributed by atoms with Gasteiger partial charge in [-0.05, 0) is 44.6 Å². The van der Waals surface area contributed by atoms with Gasteiger partial charge in [0.05, 0.1) is 17.9 Å². The summed E-state index contributed by atoms with van der Waals surface area (Å²) >= 11 is 7.32. The van der Waals surface area contributed by atoms with Gasteiger partial charge >= 0.3 is 5.97 Å². The third kappa shape index (κ3) is 6.09. The molecule has 0 spiro atoms. The second kappa shape index (κ2) is 11.3. The van der Waals surface area contributed by atoms with E-state index in [0.29, 0.717) is 17.3 Å². The van der Waals surface area contributed by atoms with Crippen molar-refractivity contribution in [3.05, 3.63) is 69.4 Å². The number of ether oxygens (including phenoxy) is 1. The van der Waals surface area contributed by atoms with Gasteiger partial charge in [0.15, 0.2) is 5.11 Å². The van der Waals surface area contributed by atoms with Crippen LogP contribution in [0.15, 0.2) is 36.4 Å². The molecule has 1 aliphatic rings. The molecule has 0 radical (unpaired) electrons. The molecular formula is C26H33N5O2S2. The fourth-order valence-electron chi connectivity index (χ4n) is 4.33. The molecule has 0 aliphatic carbocycles. The van der Waals surface area contributed by atoms with Crippen LogP contribution in [-0.4, -0.2) is 63.4 Å². The van der Waals surface area contributed by atoms with Crippen molar-refractivity contribution in [3.63, 3.8) is 0 Å². The number of benzene rings is 1. The van der Waals surface area contributed by atoms with Gasteiger partial charge in [-0.1, -0.05) is 30.3 Å². The van der Waals surface area contributed by atoms with Crippen molar-refractivity contribution in [3.8, 4) is 0 Å². The molecule has 0 unspecified atom stereocenters. The molecule has 1 aromatic carbocycles. The lowest BCUT2D eigenvalue weighted by atomic mass is 10.1. The van der Waals surface area contributed by atoms with E-state index in [4.69, 9.17) is 17.0 Å². The second-order valence-electron chi connectivity index (χ2n) is 8.80. The fourth-order valence-corrected chi connectivity index (χ4v) is 5.76. The number of hydrogen-bond acceptors (Lipinski definition) is 6. The monoisotopic (exact) mass is 511 g/mol. The van der Waals surface area contributed by atoms with Gasteiger partial charge in [0.25, 0.3) is 0 Å². The fraction of sp³-hybridized carbons (Fsp3) is 0.423. The minimum absolute atomic E-state index is 0.319. The van der Waals surface area contributed by atoms with Gasteiger partial charge in [0.1, 0.15) is 5.00 Å². The van der Waals surface area contributed by atoms with E-state index < -0.39 is 0 Å². The quantitative estimate of drug-likeness (QED) is 0.373. The van der Waals surface area contributed by atoms with Gasteiger partial charge in [-0.3, -0.25) is 9.58 Å². The summed E-state index contributed by atoms with van der Waals surface area (Å²) in [5, 5.41) is 9.30. The Hall–Kier alpha value is -2.75. The lowest BCUT2D eigenvalue weighted by molar-refractivity contribution is 0.0528. The smallest absolute Gasteiger partial charge is 0.341 e. The molecule has 2 aromatic heterocycles. The Kier molecular flexibility index (Phi) is 8.20. The summed E-state index contributed by atoms with van der Waals surface area (Å²) in [7, 11) is 1.99. The molecule has 186 valence electrons. The van der Waals surface area contributed by atoms with Crippen LogP contribution in [0.25, 0.3) is 0 Å². The lowest BCUT2D eigenvalue weighted by Crippen LogP contribution is -2.49. The first kappa shape index (κ1) is 25.3. The molecule has 1 aliphatic heterocycles. The minimum atomic E-state index is -0.319. The normalized spacial score (nSPS) is 14.2. The standard InChI is InChI=1S/C26H33N5O2S2/c1-5-33-25(32)22-16-21(15-20-9-7-6-8-10-20)35-24(22)27-26(34)31-13-11-30(12-14-31)17-23-18(2)28-29(4)19(23)3/h6-10,16H,5,11-15,17H2,1-4H3,(H,27,34). The number of rotatable bonds is 7. The summed E-state index contributed by atoms with van der Waals surface area (Å²) in [6, 6.07) is 12.2. The van der Waals surface area contributed by atoms with Crippen LogP contribution in [0.4, 0.5) is 5.00 Å². The largest absolute Gasteiger partial charge is 0.462 e. The third-order valence-corrected chi connectivity index (χ3v) is 7.83. The van der Waals surface area contributed by atoms with Crippen molar-refractivity contribution >= 4 is 39.6 Å². The number of nitrogens with one attached hydrogen (secondary N) is 1. The van der Waals surface area contributed by atoms with Crippen molar-refractivity contribution in [2.24, 2.45) is 7.05 Å². The molecule has 1 fully saturated rings. The number of carbonyl (C=O) groups is 1. The topological polar surface area (TPSA) is 62.6 Å². The molecule has 0 amide bonds. The van der Waals surface area contributed by atoms with E-state index in [1.165, 1.54) is 16.8 Å². The highest BCUT2D eigenvalue weighted by molar-refractivity contribution is 7.80. The van der Waals surface area contributed by atoms with E-state index in [9.17, 15) is 4.79 Å². The molecule has 0 bridgehead atoms. The summed E-state index contributed by atoms with van der Waals surface area (Å²) in [5.74, 6) is -0.319. The zero-order chi connectivity index (χ0) is 24.9. The SMILES string of the molecule is CCOC(=O)c1cc(Cc2ccccc2)sc1NC(=S)N1CCN(Cc2c(C)nn(C)c2C)CC1. The maximum absolute atomic E-state index is 12.6. The zero-order valence-electron chi connectivity index (χ0n) is 20.8. The minimum Gasteiger partial charge on any atom is -0.462 e. The maximum Gasteiger partial charge on any atom is 0.341 e. The Bertz CT molecular complexity index is 1180. The predicted octanol–water partition coefficient (Wildman–Crippen LogP) is 4.38. The molecular weight excluding hydrogens is 478 g/mol. The van der Waals surface area contributed by atoms with Crippen LogP contribution in [0.5, 0.6) is 0 Å². The highest BCUT2D eigenvalue weighted by Crippen LogP contribution is 2.31. The number of nitrogens with zero attached hydrogens (tertiary/aromatic N) is 4. The number of esters is 1. The number of anilines is 1. The van der Waals surface area contributed by atoms with E-state index in [1.807, 2.05) is 42.9 Å². The summed E-state index contributed by atoms with van der Waals surface area (Å²) in [6.45, 7) is 10.8. The lowest BCUT2D eigenvalue weighted by Gasteiger charge is -2.36. The van der Waals surface area contributed by atoms with Gasteiger partial charge in [-0.2, -0.15) is 5.10 Å². The summed E-state index contributed by atoms with van der Waals surface area (Å²) < 4.78 is 7.26. The molecule has 9 heteroatoms. The first-order chi connectivity index (χ1) is 16.9. The summed E-state index contributed by atoms with van der Waals surface area (Å²) in [5.41, 5.74) is 5.38. The molecule has 35 heavy (non-hydrogen) atoms. The van der Waals surface area contributed by atoms with E-state index in [1.54, 1.807) is 11.3 Å². The average molecular weight is 512 g/mol. The van der Waals surface area contributed by atoms with Crippen LogP contribution in [0, 0.1) is 13.8 Å². The first-order valence-corrected chi connectivity index (χ1v) is 13.2. The number of carbonyl (C=O) groups excluding carboxylic acids is 1. The van der Waals surface area contributed by atoms with Crippen LogP contribution < -0.4 is 5.32 Å².